The van der Waals surface area contributed by atoms with Crippen molar-refractivity contribution in [3.8, 4) is 0 Å². The van der Waals surface area contributed by atoms with Gasteiger partial charge in [0.05, 0.1) is 10.9 Å². The molecule has 1 saturated heterocycles. The topological polar surface area (TPSA) is 30.2 Å². The summed E-state index contributed by atoms with van der Waals surface area (Å²) in [4.78, 5) is 15.6. The number of nitrogens with zero attached hydrogens (tertiary/aromatic N) is 3. The van der Waals surface area contributed by atoms with Crippen LogP contribution < -0.4 is 5.56 Å². The zero-order valence-electron chi connectivity index (χ0n) is 14.1. The Morgan fingerprint density at radius 3 is 2.48 bits per heavy atom. The zero-order chi connectivity index (χ0) is 15.8. The highest BCUT2D eigenvalue weighted by Crippen LogP contribution is 2.33. The van der Waals surface area contributed by atoms with Crippen molar-refractivity contribution in [2.75, 3.05) is 6.54 Å². The van der Waals surface area contributed by atoms with E-state index >= 15 is 0 Å². The molecule has 1 aromatic carbocycles. The summed E-state index contributed by atoms with van der Waals surface area (Å²) >= 11 is 0. The second-order valence-electron chi connectivity index (χ2n) is 7.20. The van der Waals surface area contributed by atoms with Gasteiger partial charge in [0.25, 0.3) is 5.56 Å². The summed E-state index contributed by atoms with van der Waals surface area (Å²) in [5.74, 6) is 0. The Labute approximate surface area is 137 Å². The lowest BCUT2D eigenvalue weighted by Gasteiger charge is -2.43. The lowest BCUT2D eigenvalue weighted by Crippen LogP contribution is -2.48. The van der Waals surface area contributed by atoms with Crippen LogP contribution in [-0.2, 0) is 7.05 Å². The molecule has 0 spiro atoms. The van der Waals surface area contributed by atoms with E-state index in [1.165, 1.54) is 44.9 Å². The molecule has 1 aliphatic heterocycles. The molecule has 2 aliphatic rings. The van der Waals surface area contributed by atoms with Gasteiger partial charge in [0.15, 0.2) is 0 Å². The molecule has 1 atom stereocenters. The number of piperidine rings is 1. The highest BCUT2D eigenvalue weighted by Gasteiger charge is 2.33. The molecule has 4 heteroatoms. The molecule has 0 amide bonds. The molecule has 2 aromatic rings. The van der Waals surface area contributed by atoms with Crippen molar-refractivity contribution in [3.05, 3.63) is 34.6 Å². The van der Waals surface area contributed by atoms with E-state index < -0.39 is 0 Å². The van der Waals surface area contributed by atoms with Gasteiger partial charge in [-0.1, -0.05) is 31.4 Å². The van der Waals surface area contributed by atoms with Gasteiger partial charge in [-0.15, -0.1) is 0 Å². The number of likely N-dealkylation sites (tertiary alicyclic amines) is 1. The molecule has 1 aliphatic carbocycles. The first-order valence-electron chi connectivity index (χ1n) is 9.19. The maximum atomic E-state index is 13.0. The molecular formula is C19H27N3O. The van der Waals surface area contributed by atoms with Crippen LogP contribution in [0.3, 0.4) is 0 Å². The summed E-state index contributed by atoms with van der Waals surface area (Å²) in [5, 5.41) is 0.851. The van der Waals surface area contributed by atoms with E-state index in [0.29, 0.717) is 6.04 Å². The minimum atomic E-state index is 0.177. The Morgan fingerprint density at radius 1 is 0.957 bits per heavy atom. The van der Waals surface area contributed by atoms with Crippen molar-refractivity contribution in [1.82, 2.24) is 14.3 Å². The van der Waals surface area contributed by atoms with Gasteiger partial charge in [-0.05, 0) is 44.2 Å². The highest BCUT2D eigenvalue weighted by molar-refractivity contribution is 5.78. The number of hydrogen-bond acceptors (Lipinski definition) is 2. The molecule has 124 valence electrons. The minimum absolute atomic E-state index is 0.177. The zero-order valence-corrected chi connectivity index (χ0v) is 14.1. The third kappa shape index (κ3) is 2.53. The van der Waals surface area contributed by atoms with Gasteiger partial charge in [0.1, 0.15) is 6.17 Å². The molecule has 1 saturated carbocycles. The number of aromatic nitrogens is 2. The third-order valence-corrected chi connectivity index (χ3v) is 5.85. The van der Waals surface area contributed by atoms with Gasteiger partial charge < -0.3 is 0 Å². The number of fused-ring (bicyclic) bond motifs is 1. The smallest absolute Gasteiger partial charge is 0.276 e. The number of hydrogen-bond donors (Lipinski definition) is 0. The van der Waals surface area contributed by atoms with Gasteiger partial charge in [0.2, 0.25) is 0 Å². The third-order valence-electron chi connectivity index (χ3n) is 5.85. The van der Waals surface area contributed by atoms with Crippen LogP contribution in [0.1, 0.15) is 57.5 Å². The van der Waals surface area contributed by atoms with Crippen molar-refractivity contribution >= 4 is 10.9 Å². The largest absolute Gasteiger partial charge is 0.283 e. The van der Waals surface area contributed by atoms with Crippen LogP contribution in [0.4, 0.5) is 0 Å². The van der Waals surface area contributed by atoms with E-state index in [4.69, 9.17) is 0 Å². The van der Waals surface area contributed by atoms with Crippen LogP contribution in [0.15, 0.2) is 29.1 Å². The van der Waals surface area contributed by atoms with Gasteiger partial charge in [-0.3, -0.25) is 14.4 Å². The summed E-state index contributed by atoms with van der Waals surface area (Å²) < 4.78 is 4.11. The number of benzene rings is 1. The summed E-state index contributed by atoms with van der Waals surface area (Å²) in [6, 6.07) is 8.67. The van der Waals surface area contributed by atoms with E-state index in [1.54, 1.807) is 0 Å². The predicted octanol–water partition coefficient (Wildman–Crippen LogP) is 3.66. The molecule has 2 heterocycles. The first-order chi connectivity index (χ1) is 11.3. The van der Waals surface area contributed by atoms with E-state index in [1.807, 2.05) is 29.9 Å². The van der Waals surface area contributed by atoms with Gasteiger partial charge in [-0.25, -0.2) is 4.68 Å². The van der Waals surface area contributed by atoms with E-state index in [2.05, 4.69) is 15.6 Å². The molecule has 0 bridgehead atoms. The average molecular weight is 313 g/mol. The van der Waals surface area contributed by atoms with Crippen molar-refractivity contribution in [2.24, 2.45) is 7.05 Å². The van der Waals surface area contributed by atoms with Gasteiger partial charge >= 0.3 is 0 Å². The van der Waals surface area contributed by atoms with Crippen LogP contribution in [0.5, 0.6) is 0 Å². The molecule has 1 unspecified atom stereocenters. The van der Waals surface area contributed by atoms with Gasteiger partial charge in [-0.2, -0.15) is 0 Å². The standard InChI is InChI=1S/C19H27N3O/c1-20-17-12-6-5-11-16(17)19(23)22(20)18-13-7-8-14-21(18)15-9-3-2-4-10-15/h5-6,11-12,15,18H,2-4,7-10,13-14H2,1H3. The Kier molecular flexibility index (Phi) is 4.02. The molecule has 0 radical (unpaired) electrons. The normalized spacial score (nSPS) is 24.3. The molecule has 4 rings (SSSR count). The van der Waals surface area contributed by atoms with Crippen LogP contribution >= 0.6 is 0 Å². The Morgan fingerprint density at radius 2 is 1.70 bits per heavy atom. The second kappa shape index (κ2) is 6.16. The molecule has 4 nitrogen and oxygen atoms in total. The number of para-hydroxylation sites is 1. The summed E-state index contributed by atoms with van der Waals surface area (Å²) in [6.45, 7) is 1.14. The molecule has 2 fully saturated rings. The molecule has 0 N–H and O–H groups in total. The molecular weight excluding hydrogens is 286 g/mol. The van der Waals surface area contributed by atoms with E-state index in [-0.39, 0.29) is 11.7 Å². The van der Waals surface area contributed by atoms with Crippen molar-refractivity contribution in [2.45, 2.75) is 63.6 Å². The fourth-order valence-electron chi connectivity index (χ4n) is 4.69. The fourth-order valence-corrected chi connectivity index (χ4v) is 4.69. The Bertz CT molecular complexity index is 739. The van der Waals surface area contributed by atoms with Crippen LogP contribution in [0, 0.1) is 0 Å². The summed E-state index contributed by atoms with van der Waals surface area (Å²) in [7, 11) is 2.04. The Balaban J connectivity index is 1.76. The Hall–Kier alpha value is -1.55. The quantitative estimate of drug-likeness (QED) is 0.847. The summed E-state index contributed by atoms with van der Waals surface area (Å²) in [6.07, 6.45) is 10.5. The van der Waals surface area contributed by atoms with Gasteiger partial charge in [0, 0.05) is 19.6 Å². The highest BCUT2D eigenvalue weighted by atomic mass is 16.1. The average Bonchev–Trinajstić information content (AvgIpc) is 2.87. The van der Waals surface area contributed by atoms with Crippen LogP contribution in [0.2, 0.25) is 0 Å². The van der Waals surface area contributed by atoms with Crippen LogP contribution in [0.25, 0.3) is 10.9 Å². The van der Waals surface area contributed by atoms with Crippen molar-refractivity contribution < 1.29 is 0 Å². The van der Waals surface area contributed by atoms with E-state index in [0.717, 1.165) is 23.9 Å². The monoisotopic (exact) mass is 313 g/mol. The van der Waals surface area contributed by atoms with Crippen LogP contribution in [-0.4, -0.2) is 26.9 Å². The first kappa shape index (κ1) is 15.0. The lowest BCUT2D eigenvalue weighted by molar-refractivity contribution is 0.0188. The minimum Gasteiger partial charge on any atom is -0.283 e. The first-order valence-corrected chi connectivity index (χ1v) is 9.19. The SMILES string of the molecule is Cn1c2ccccc2c(=O)n1C1CCCCN1C1CCCCC1. The maximum absolute atomic E-state index is 13.0. The second-order valence-corrected chi connectivity index (χ2v) is 7.20. The predicted molar refractivity (Wildman–Crippen MR) is 93.6 cm³/mol. The molecule has 1 aromatic heterocycles. The summed E-state index contributed by atoms with van der Waals surface area (Å²) in [5.41, 5.74) is 1.22. The fraction of sp³-hybridized carbons (Fsp3) is 0.632. The number of aryl methyl sites for hydroxylation is 1. The maximum Gasteiger partial charge on any atom is 0.276 e. The molecule has 23 heavy (non-hydrogen) atoms. The van der Waals surface area contributed by atoms with E-state index in [9.17, 15) is 4.79 Å². The van der Waals surface area contributed by atoms with Crippen molar-refractivity contribution in [3.63, 3.8) is 0 Å². The number of rotatable bonds is 2. The lowest BCUT2D eigenvalue weighted by atomic mass is 9.92. The van der Waals surface area contributed by atoms with Crippen molar-refractivity contribution in [1.29, 1.82) is 0 Å².